The second-order valence-electron chi connectivity index (χ2n) is 34.0. The van der Waals surface area contributed by atoms with Crippen molar-refractivity contribution in [3.63, 3.8) is 0 Å². The summed E-state index contributed by atoms with van der Waals surface area (Å²) in [6.07, 6.45) is 9.86. The number of aliphatic hydroxyl groups excluding tert-OH is 2. The summed E-state index contributed by atoms with van der Waals surface area (Å²) in [5, 5.41) is 22.8. The van der Waals surface area contributed by atoms with Gasteiger partial charge < -0.3 is 30.2 Å². The van der Waals surface area contributed by atoms with Gasteiger partial charge in [0.05, 0.1) is 52.9 Å². The van der Waals surface area contributed by atoms with E-state index in [1.165, 1.54) is 90.3 Å². The van der Waals surface area contributed by atoms with Crippen molar-refractivity contribution in [2.45, 2.75) is 170 Å². The van der Waals surface area contributed by atoms with Crippen LogP contribution in [0, 0.1) is 11.8 Å². The van der Waals surface area contributed by atoms with Gasteiger partial charge in [-0.25, -0.2) is 19.9 Å². The van der Waals surface area contributed by atoms with Gasteiger partial charge in [0.2, 0.25) is 5.95 Å². The lowest BCUT2D eigenvalue weighted by Crippen LogP contribution is -2.45. The van der Waals surface area contributed by atoms with Crippen LogP contribution in [0.3, 0.4) is 0 Å². The van der Waals surface area contributed by atoms with Crippen molar-refractivity contribution in [1.82, 2.24) is 34.6 Å². The first-order chi connectivity index (χ1) is 60.5. The Bertz CT molecular complexity index is 5980. The summed E-state index contributed by atoms with van der Waals surface area (Å²) < 4.78 is 0. The summed E-state index contributed by atoms with van der Waals surface area (Å²) in [4.78, 5) is 83.2. The van der Waals surface area contributed by atoms with Crippen LogP contribution in [0.25, 0.3) is 42.0 Å². The number of hydrogen-bond donors (Lipinski definition) is 3. The lowest BCUT2D eigenvalue weighted by Gasteiger charge is -2.37. The summed E-state index contributed by atoms with van der Waals surface area (Å²) in [5.74, 6) is 4.25. The number of ketones is 1. The van der Waals surface area contributed by atoms with Gasteiger partial charge >= 0.3 is 0 Å². The Morgan fingerprint density at radius 3 is 1.46 bits per heavy atom. The standard InChI is InChI=1S/C30H30OS.C29H27NOS.C25H30N4O2S.C23H25N3O2S/c1-21(2)26-13-7-9-23(19-26)18-24-10-8-14-27(20-24)29-15-16-30(32-29)28(31)17-22(3)25-11-5-4-6-12-25;1-20(2)23-11-5-7-21(16-23)15-22-8-6-12-24(17-22)27-13-14-28(32-27)29(31)30-18-25-9-3-4-10-26(25)19-30;1-4-18-9-8-16(2)29(15-18)24(31)23-11-10-22(32-23)21-12-13-26-25(28-21)27-20-7-5-6-19(14-20)17(3)30;1-15-9-11-26(14-15)23(28)21-7-6-20(29-21)19-8-10-24-22(25-19)13-17-4-3-5-18(12-17)16(2)27/h4-16,19-22H,17-18H2,1-3H3;3-14,16-17,20H,15,18-19H2,1-2H3;5-7,10-14,16-18,30H,4,8-9,15H2,1-3H3,(H,26,27,28);3-8,10,12,15-16,27H,9,11,13-14H2,1-2H3. The average Bonchev–Trinajstić information content (AvgIpc) is 1.65. The number of hydrogen-bond acceptors (Lipinski definition) is 15. The van der Waals surface area contributed by atoms with Crippen LogP contribution in [0.4, 0.5) is 11.6 Å². The zero-order valence-corrected chi connectivity index (χ0v) is 76.3. The number of carbonyl (C=O) groups is 4. The number of Topliss-reactive ketones (excluding diaryl/α,β-unsaturated/α-hetero) is 1. The maximum absolute atomic E-state index is 13.2. The highest BCUT2D eigenvalue weighted by molar-refractivity contribution is 7.18. The monoisotopic (exact) mass is 1730 g/mol. The van der Waals surface area contributed by atoms with Gasteiger partial charge in [0.25, 0.3) is 17.7 Å². The maximum atomic E-state index is 13.2. The Kier molecular flexibility index (Phi) is 30.5. The fourth-order valence-electron chi connectivity index (χ4n) is 16.2. The smallest absolute Gasteiger partial charge is 0.264 e. The number of thiophene rings is 4. The van der Waals surface area contributed by atoms with Crippen LogP contribution in [0.2, 0.25) is 0 Å². The van der Waals surface area contributed by atoms with Gasteiger partial charge in [-0.15, -0.1) is 45.3 Å². The van der Waals surface area contributed by atoms with Gasteiger partial charge in [-0.2, -0.15) is 0 Å². The lowest BCUT2D eigenvalue weighted by atomic mass is 9.91. The lowest BCUT2D eigenvalue weighted by molar-refractivity contribution is 0.0561. The Morgan fingerprint density at radius 2 is 0.896 bits per heavy atom. The number of benzene rings is 8. The van der Waals surface area contributed by atoms with E-state index in [1.807, 2.05) is 142 Å². The predicted octanol–water partition coefficient (Wildman–Crippen LogP) is 25.8. The highest BCUT2D eigenvalue weighted by Gasteiger charge is 2.31. The van der Waals surface area contributed by atoms with E-state index in [1.54, 1.807) is 48.9 Å². The van der Waals surface area contributed by atoms with Gasteiger partial charge in [-0.3, -0.25) is 19.2 Å². The molecule has 3 aliphatic rings. The van der Waals surface area contributed by atoms with Crippen molar-refractivity contribution >= 4 is 80.5 Å². The SMILES string of the molecule is CC(C)c1cccc(Cc2cccc(-c3ccc(C(=O)CC(C)c4ccccc4)s3)c2)c1.CC(C)c1cccc(Cc2cccc(-c3ccc(C(=O)N4Cc5ccccc5C4)s3)c2)c1.CC1CCN(C(=O)c2ccc(-c3ccnc(Cc4cccc(C(C)O)c4)n3)s2)C1.CCC1CCC(C)N(C(=O)c2ccc(-c3ccnc(Nc4cccc(C(C)O)c4)n3)s2)C1. The maximum Gasteiger partial charge on any atom is 0.264 e. The molecule has 18 heteroatoms. The molecule has 3 N–H and O–H groups in total. The van der Waals surface area contributed by atoms with E-state index in [4.69, 9.17) is 4.98 Å². The number of aliphatic hydroxyl groups is 2. The molecule has 14 aromatic rings. The van der Waals surface area contributed by atoms with Gasteiger partial charge in [0.15, 0.2) is 5.78 Å². The molecular formula is C107H112N8O6S4. The van der Waals surface area contributed by atoms with Crippen molar-refractivity contribution in [2.24, 2.45) is 11.8 Å². The number of likely N-dealkylation sites (tertiary alicyclic amines) is 2. The number of nitrogens with zero attached hydrogens (tertiary/aromatic N) is 7. The van der Waals surface area contributed by atoms with Crippen molar-refractivity contribution in [3.05, 3.63) is 365 Å². The topological polar surface area (TPSA) is 182 Å². The first-order valence-corrected chi connectivity index (χ1v) is 47.0. The Balaban J connectivity index is 0.000000136. The Labute approximate surface area is 752 Å². The van der Waals surface area contributed by atoms with Crippen molar-refractivity contribution < 1.29 is 29.4 Å². The molecule has 0 spiro atoms. The van der Waals surface area contributed by atoms with E-state index in [2.05, 4.69) is 209 Å². The molecule has 6 atom stereocenters. The molecule has 17 rings (SSSR count). The summed E-state index contributed by atoms with van der Waals surface area (Å²) in [6.45, 7) is 25.0. The van der Waals surface area contributed by atoms with E-state index in [9.17, 15) is 29.4 Å². The minimum atomic E-state index is -0.540. The average molecular weight is 1730 g/mol. The molecule has 3 aliphatic heterocycles. The third kappa shape index (κ3) is 24.0. The van der Waals surface area contributed by atoms with Crippen molar-refractivity contribution in [3.8, 4) is 42.0 Å². The molecule has 9 heterocycles. The summed E-state index contributed by atoms with van der Waals surface area (Å²) in [6, 6.07) is 89.1. The molecule has 2 fully saturated rings. The molecule has 2 saturated heterocycles. The normalized spacial score (nSPS) is 15.5. The largest absolute Gasteiger partial charge is 0.389 e. The second-order valence-corrected chi connectivity index (χ2v) is 38.4. The molecule has 0 saturated carbocycles. The number of nitrogens with one attached hydrogen (secondary N) is 1. The van der Waals surface area contributed by atoms with E-state index in [-0.39, 0.29) is 35.5 Å². The van der Waals surface area contributed by atoms with Crippen LogP contribution >= 0.6 is 45.3 Å². The van der Waals surface area contributed by atoms with Gasteiger partial charge in [-0.05, 0) is 233 Å². The van der Waals surface area contributed by atoms with Crippen LogP contribution in [0.15, 0.2) is 273 Å². The molecule has 0 bridgehead atoms. The third-order valence-corrected chi connectivity index (χ3v) is 28.1. The molecule has 8 aromatic carbocycles. The number of carbonyl (C=O) groups excluding carboxylic acids is 4. The molecule has 14 nitrogen and oxygen atoms in total. The zero-order valence-electron chi connectivity index (χ0n) is 73.1. The highest BCUT2D eigenvalue weighted by Crippen LogP contribution is 2.38. The predicted molar refractivity (Wildman–Crippen MR) is 514 cm³/mol. The van der Waals surface area contributed by atoms with Crippen LogP contribution in [0.1, 0.15) is 243 Å². The number of piperidine rings is 1. The molecular weight excluding hydrogens is 1620 g/mol. The molecule has 6 unspecified atom stereocenters. The van der Waals surface area contributed by atoms with E-state index < -0.39 is 12.2 Å². The van der Waals surface area contributed by atoms with Gasteiger partial charge in [0, 0.05) is 79.4 Å². The quantitative estimate of drug-likeness (QED) is 0.0490. The minimum absolute atomic E-state index is 0.120. The summed E-state index contributed by atoms with van der Waals surface area (Å²) >= 11 is 6.16. The van der Waals surface area contributed by atoms with E-state index in [0.29, 0.717) is 55.6 Å². The number of amides is 3. The van der Waals surface area contributed by atoms with Crippen LogP contribution in [0.5, 0.6) is 0 Å². The Morgan fingerprint density at radius 1 is 0.432 bits per heavy atom. The number of aromatic nitrogens is 4. The molecule has 0 aliphatic carbocycles. The molecule has 6 aromatic heterocycles. The number of fused-ring (bicyclic) bond motifs is 1. The summed E-state index contributed by atoms with van der Waals surface area (Å²) in [7, 11) is 0. The van der Waals surface area contributed by atoms with E-state index >= 15 is 0 Å². The summed E-state index contributed by atoms with van der Waals surface area (Å²) in [5.41, 5.74) is 19.3. The van der Waals surface area contributed by atoms with Crippen LogP contribution < -0.4 is 5.32 Å². The third-order valence-electron chi connectivity index (χ3n) is 23.6. The minimum Gasteiger partial charge on any atom is -0.389 e. The van der Waals surface area contributed by atoms with Crippen LogP contribution in [-0.4, -0.2) is 94.0 Å². The second kappa shape index (κ2) is 42.5. The zero-order chi connectivity index (χ0) is 87.6. The first kappa shape index (κ1) is 89.8. The first-order valence-electron chi connectivity index (χ1n) is 43.8. The van der Waals surface area contributed by atoms with E-state index in [0.717, 1.165) is 130 Å². The van der Waals surface area contributed by atoms with Gasteiger partial charge in [-0.1, -0.05) is 243 Å². The fraction of sp³-hybridized carbons (Fsp3) is 0.290. The van der Waals surface area contributed by atoms with Crippen molar-refractivity contribution in [1.29, 1.82) is 0 Å². The molecule has 0 radical (unpaired) electrons. The molecule has 125 heavy (non-hydrogen) atoms. The molecule has 640 valence electrons. The Hall–Kier alpha value is -11.5. The van der Waals surface area contributed by atoms with Crippen LogP contribution in [-0.2, 0) is 32.4 Å². The fourth-order valence-corrected chi connectivity index (χ4v) is 19.9. The highest BCUT2D eigenvalue weighted by atomic mass is 32.1. The number of anilines is 2. The number of rotatable bonds is 24. The van der Waals surface area contributed by atoms with Crippen molar-refractivity contribution in [2.75, 3.05) is 25.0 Å². The molecule has 3 amide bonds. The van der Waals surface area contributed by atoms with Gasteiger partial charge in [0.1, 0.15) is 5.82 Å².